The molecule has 4 heteroatoms. The van der Waals surface area contributed by atoms with Crippen LogP contribution < -0.4 is 10.6 Å². The van der Waals surface area contributed by atoms with Gasteiger partial charge in [-0.3, -0.25) is 4.79 Å². The highest BCUT2D eigenvalue weighted by Crippen LogP contribution is 2.16. The average Bonchev–Trinajstić information content (AvgIpc) is 2.46. The molecule has 0 aliphatic carbocycles. The number of carbonyl (C=O) groups excluding carboxylic acids is 1. The Kier molecular flexibility index (Phi) is 5.56. The van der Waals surface area contributed by atoms with Crippen molar-refractivity contribution in [3.05, 3.63) is 35.4 Å². The zero-order valence-electron chi connectivity index (χ0n) is 12.3. The maximum Gasteiger partial charge on any atom is 0.234 e. The lowest BCUT2D eigenvalue weighted by Gasteiger charge is -2.24. The molecule has 1 unspecified atom stereocenters. The van der Waals surface area contributed by atoms with Gasteiger partial charge in [-0.2, -0.15) is 0 Å². The molecule has 2 rings (SSSR count). The van der Waals surface area contributed by atoms with E-state index in [9.17, 15) is 4.79 Å². The van der Waals surface area contributed by atoms with Crippen molar-refractivity contribution in [3.63, 3.8) is 0 Å². The lowest BCUT2D eigenvalue weighted by molar-refractivity contribution is -0.121. The smallest absolute Gasteiger partial charge is 0.234 e. The van der Waals surface area contributed by atoms with Crippen LogP contribution >= 0.6 is 0 Å². The number of amides is 1. The fourth-order valence-electron chi connectivity index (χ4n) is 2.55. The molecular weight excluding hydrogens is 252 g/mol. The van der Waals surface area contributed by atoms with Gasteiger partial charge in [0.05, 0.1) is 6.54 Å². The zero-order chi connectivity index (χ0) is 14.4. The molecule has 2 N–H and O–H groups in total. The minimum atomic E-state index is 0.0670. The van der Waals surface area contributed by atoms with Crippen LogP contribution in [0.2, 0.25) is 0 Å². The second kappa shape index (κ2) is 7.41. The largest absolute Gasteiger partial charge is 0.381 e. The Balaban J connectivity index is 1.76. The monoisotopic (exact) mass is 276 g/mol. The van der Waals surface area contributed by atoms with Crippen molar-refractivity contribution in [2.45, 2.75) is 38.8 Å². The maximum atomic E-state index is 11.9. The standard InChI is InChI=1S/C16H24N2O2/c1-12-5-3-4-6-15(12)13(2)17-11-16(19)18-14-7-9-20-10-8-14/h3-6,13-14,17H,7-11H2,1-2H3,(H,18,19). The third-order valence-corrected chi connectivity index (χ3v) is 3.81. The Morgan fingerprint density at radius 3 is 2.75 bits per heavy atom. The lowest BCUT2D eigenvalue weighted by atomic mass is 10.0. The first-order valence-corrected chi connectivity index (χ1v) is 7.33. The molecule has 4 nitrogen and oxygen atoms in total. The van der Waals surface area contributed by atoms with Crippen LogP contribution in [0.3, 0.4) is 0 Å². The van der Waals surface area contributed by atoms with E-state index in [1.807, 2.05) is 12.1 Å². The summed E-state index contributed by atoms with van der Waals surface area (Å²) in [7, 11) is 0. The predicted molar refractivity (Wildman–Crippen MR) is 79.6 cm³/mol. The Labute approximate surface area is 120 Å². The van der Waals surface area contributed by atoms with Gasteiger partial charge in [-0.15, -0.1) is 0 Å². The zero-order valence-corrected chi connectivity index (χ0v) is 12.3. The minimum Gasteiger partial charge on any atom is -0.381 e. The van der Waals surface area contributed by atoms with E-state index < -0.39 is 0 Å². The van der Waals surface area contributed by atoms with Crippen molar-refractivity contribution in [1.82, 2.24) is 10.6 Å². The van der Waals surface area contributed by atoms with Crippen molar-refractivity contribution >= 4 is 5.91 Å². The Bertz CT molecular complexity index is 442. The number of ether oxygens (including phenoxy) is 1. The first kappa shape index (κ1) is 15.0. The van der Waals surface area contributed by atoms with Gasteiger partial charge in [0.1, 0.15) is 0 Å². The van der Waals surface area contributed by atoms with Crippen LogP contribution in [0, 0.1) is 6.92 Å². The minimum absolute atomic E-state index is 0.0670. The van der Waals surface area contributed by atoms with Gasteiger partial charge in [-0.25, -0.2) is 0 Å². The molecular formula is C16H24N2O2. The van der Waals surface area contributed by atoms with E-state index >= 15 is 0 Å². The molecule has 1 aliphatic heterocycles. The van der Waals surface area contributed by atoms with E-state index in [4.69, 9.17) is 4.74 Å². The molecule has 1 aromatic carbocycles. The Morgan fingerprint density at radius 1 is 1.35 bits per heavy atom. The average molecular weight is 276 g/mol. The highest BCUT2D eigenvalue weighted by atomic mass is 16.5. The summed E-state index contributed by atoms with van der Waals surface area (Å²) in [6.07, 6.45) is 1.83. The molecule has 0 radical (unpaired) electrons. The first-order chi connectivity index (χ1) is 9.66. The molecule has 1 atom stereocenters. The number of aryl methyl sites for hydroxylation is 1. The summed E-state index contributed by atoms with van der Waals surface area (Å²) in [4.78, 5) is 11.9. The van der Waals surface area contributed by atoms with Gasteiger partial charge in [0.25, 0.3) is 0 Å². The number of rotatable bonds is 5. The molecule has 1 amide bonds. The second-order valence-electron chi connectivity index (χ2n) is 5.41. The molecule has 110 valence electrons. The van der Waals surface area contributed by atoms with E-state index in [2.05, 4.69) is 36.6 Å². The summed E-state index contributed by atoms with van der Waals surface area (Å²) in [5.74, 6) is 0.0670. The van der Waals surface area contributed by atoms with Gasteiger partial charge >= 0.3 is 0 Å². The van der Waals surface area contributed by atoms with Crippen molar-refractivity contribution in [2.75, 3.05) is 19.8 Å². The topological polar surface area (TPSA) is 50.4 Å². The van der Waals surface area contributed by atoms with Crippen molar-refractivity contribution in [3.8, 4) is 0 Å². The van der Waals surface area contributed by atoms with Gasteiger partial charge in [0.2, 0.25) is 5.91 Å². The molecule has 1 fully saturated rings. The third kappa shape index (κ3) is 4.32. The van der Waals surface area contributed by atoms with E-state index in [1.54, 1.807) is 0 Å². The Hall–Kier alpha value is -1.39. The van der Waals surface area contributed by atoms with Crippen LogP contribution in [-0.4, -0.2) is 31.7 Å². The van der Waals surface area contributed by atoms with Crippen molar-refractivity contribution in [1.29, 1.82) is 0 Å². The fourth-order valence-corrected chi connectivity index (χ4v) is 2.55. The van der Waals surface area contributed by atoms with Crippen LogP contribution in [0.1, 0.15) is 36.9 Å². The number of benzene rings is 1. The van der Waals surface area contributed by atoms with E-state index in [0.29, 0.717) is 6.54 Å². The summed E-state index contributed by atoms with van der Waals surface area (Å²) in [5, 5.41) is 6.34. The summed E-state index contributed by atoms with van der Waals surface area (Å²) in [6, 6.07) is 8.70. The molecule has 1 saturated heterocycles. The molecule has 0 aromatic heterocycles. The van der Waals surface area contributed by atoms with Crippen LogP contribution in [-0.2, 0) is 9.53 Å². The van der Waals surface area contributed by atoms with Crippen molar-refractivity contribution < 1.29 is 9.53 Å². The first-order valence-electron chi connectivity index (χ1n) is 7.33. The summed E-state index contributed by atoms with van der Waals surface area (Å²) in [6.45, 7) is 6.03. The molecule has 0 bridgehead atoms. The van der Waals surface area contributed by atoms with Crippen molar-refractivity contribution in [2.24, 2.45) is 0 Å². The number of carbonyl (C=O) groups is 1. The highest BCUT2D eigenvalue weighted by Gasteiger charge is 2.16. The fraction of sp³-hybridized carbons (Fsp3) is 0.562. The molecule has 1 aromatic rings. The van der Waals surface area contributed by atoms with Crippen LogP contribution in [0.15, 0.2) is 24.3 Å². The van der Waals surface area contributed by atoms with Crippen LogP contribution in [0.5, 0.6) is 0 Å². The normalized spacial score (nSPS) is 17.7. The molecule has 0 saturated carbocycles. The maximum absolute atomic E-state index is 11.9. The SMILES string of the molecule is Cc1ccccc1C(C)NCC(=O)NC1CCOCC1. The molecule has 1 heterocycles. The van der Waals surface area contributed by atoms with Gasteiger partial charge in [-0.1, -0.05) is 24.3 Å². The van der Waals surface area contributed by atoms with E-state index in [-0.39, 0.29) is 18.0 Å². The van der Waals surface area contributed by atoms with Gasteiger partial charge in [0.15, 0.2) is 0 Å². The van der Waals surface area contributed by atoms with Crippen LogP contribution in [0.25, 0.3) is 0 Å². The number of hydrogen-bond acceptors (Lipinski definition) is 3. The summed E-state index contributed by atoms with van der Waals surface area (Å²) < 4.78 is 5.28. The molecule has 0 spiro atoms. The summed E-state index contributed by atoms with van der Waals surface area (Å²) in [5.41, 5.74) is 2.49. The lowest BCUT2D eigenvalue weighted by Crippen LogP contribution is -2.43. The quantitative estimate of drug-likeness (QED) is 0.864. The van der Waals surface area contributed by atoms with E-state index in [1.165, 1.54) is 11.1 Å². The van der Waals surface area contributed by atoms with Crippen LogP contribution in [0.4, 0.5) is 0 Å². The third-order valence-electron chi connectivity index (χ3n) is 3.81. The van der Waals surface area contributed by atoms with Gasteiger partial charge < -0.3 is 15.4 Å². The molecule has 20 heavy (non-hydrogen) atoms. The highest BCUT2D eigenvalue weighted by molar-refractivity contribution is 5.78. The second-order valence-corrected chi connectivity index (χ2v) is 5.41. The number of nitrogens with one attached hydrogen (secondary N) is 2. The Morgan fingerprint density at radius 2 is 2.05 bits per heavy atom. The number of hydrogen-bond donors (Lipinski definition) is 2. The molecule has 1 aliphatic rings. The summed E-state index contributed by atoms with van der Waals surface area (Å²) >= 11 is 0. The van der Waals surface area contributed by atoms with E-state index in [0.717, 1.165) is 26.1 Å². The van der Waals surface area contributed by atoms with Gasteiger partial charge in [0, 0.05) is 25.3 Å². The van der Waals surface area contributed by atoms with Gasteiger partial charge in [-0.05, 0) is 37.8 Å². The predicted octanol–water partition coefficient (Wildman–Crippen LogP) is 1.94.